The Labute approximate surface area is 160 Å². The summed E-state index contributed by atoms with van der Waals surface area (Å²) < 4.78 is 6.41. The van der Waals surface area contributed by atoms with E-state index in [9.17, 15) is 4.79 Å². The molecule has 3 rings (SSSR count). The van der Waals surface area contributed by atoms with Crippen LogP contribution in [-0.2, 0) is 11.3 Å². The number of nitrogens with one attached hydrogen (secondary N) is 2. The van der Waals surface area contributed by atoms with Gasteiger partial charge in [-0.1, -0.05) is 42.5 Å². The SMILES string of the molecule is C[C@H](NC(=O)OCc1ccccc1)c1ncc(-c2ccc(I)cc2)[nH]1. The summed E-state index contributed by atoms with van der Waals surface area (Å²) in [7, 11) is 0. The average Bonchev–Trinajstić information content (AvgIpc) is 3.12. The number of amides is 1. The number of ether oxygens (including phenoxy) is 1. The molecule has 3 aromatic rings. The second-order valence-electron chi connectivity index (χ2n) is 5.62. The maximum atomic E-state index is 11.9. The Morgan fingerprint density at radius 1 is 1.20 bits per heavy atom. The van der Waals surface area contributed by atoms with Gasteiger partial charge in [0.15, 0.2) is 0 Å². The lowest BCUT2D eigenvalue weighted by molar-refractivity contribution is 0.136. The zero-order valence-corrected chi connectivity index (χ0v) is 15.9. The van der Waals surface area contributed by atoms with E-state index >= 15 is 0 Å². The number of rotatable bonds is 5. The van der Waals surface area contributed by atoms with Gasteiger partial charge in [0.2, 0.25) is 0 Å². The molecule has 0 bridgehead atoms. The molecule has 0 saturated heterocycles. The number of halogens is 1. The van der Waals surface area contributed by atoms with Gasteiger partial charge in [-0.05, 0) is 52.8 Å². The number of hydrogen-bond donors (Lipinski definition) is 2. The summed E-state index contributed by atoms with van der Waals surface area (Å²) in [5.41, 5.74) is 2.92. The summed E-state index contributed by atoms with van der Waals surface area (Å²) in [6.45, 7) is 2.10. The first-order valence-corrected chi connectivity index (χ1v) is 8.98. The lowest BCUT2D eigenvalue weighted by atomic mass is 10.2. The van der Waals surface area contributed by atoms with Gasteiger partial charge >= 0.3 is 6.09 Å². The van der Waals surface area contributed by atoms with Gasteiger partial charge in [-0.25, -0.2) is 9.78 Å². The number of benzene rings is 2. The molecular weight excluding hydrogens is 429 g/mol. The lowest BCUT2D eigenvalue weighted by Gasteiger charge is -2.12. The zero-order valence-electron chi connectivity index (χ0n) is 13.7. The molecule has 1 amide bonds. The number of aromatic amines is 1. The summed E-state index contributed by atoms with van der Waals surface area (Å²) in [6, 6.07) is 17.4. The van der Waals surface area contributed by atoms with E-state index in [0.717, 1.165) is 16.8 Å². The number of imidazole rings is 1. The van der Waals surface area contributed by atoms with Crippen LogP contribution in [0.5, 0.6) is 0 Å². The van der Waals surface area contributed by atoms with Crippen molar-refractivity contribution in [2.24, 2.45) is 0 Å². The van der Waals surface area contributed by atoms with Gasteiger partial charge in [0.25, 0.3) is 0 Å². The highest BCUT2D eigenvalue weighted by Crippen LogP contribution is 2.20. The first-order valence-electron chi connectivity index (χ1n) is 7.90. The highest BCUT2D eigenvalue weighted by Gasteiger charge is 2.14. The number of hydrogen-bond acceptors (Lipinski definition) is 3. The summed E-state index contributed by atoms with van der Waals surface area (Å²) in [6.07, 6.45) is 1.30. The summed E-state index contributed by atoms with van der Waals surface area (Å²) in [5, 5.41) is 2.78. The van der Waals surface area contributed by atoms with Crippen LogP contribution >= 0.6 is 22.6 Å². The number of nitrogens with zero attached hydrogens (tertiary/aromatic N) is 1. The molecule has 2 aromatic carbocycles. The molecule has 0 fully saturated rings. The Morgan fingerprint density at radius 2 is 1.92 bits per heavy atom. The zero-order chi connectivity index (χ0) is 17.6. The number of aromatic nitrogens is 2. The van der Waals surface area contributed by atoms with Crippen molar-refractivity contribution >= 4 is 28.7 Å². The van der Waals surface area contributed by atoms with Gasteiger partial charge in [-0.2, -0.15) is 0 Å². The molecule has 0 aliphatic rings. The van der Waals surface area contributed by atoms with Crippen molar-refractivity contribution < 1.29 is 9.53 Å². The minimum absolute atomic E-state index is 0.242. The molecule has 2 N–H and O–H groups in total. The number of H-pyrrole nitrogens is 1. The third kappa shape index (κ3) is 4.82. The normalized spacial score (nSPS) is 11.8. The molecule has 0 aliphatic heterocycles. The van der Waals surface area contributed by atoms with Crippen molar-refractivity contribution in [3.05, 3.63) is 75.8 Å². The Balaban J connectivity index is 1.57. The van der Waals surface area contributed by atoms with Gasteiger partial charge in [-0.15, -0.1) is 0 Å². The summed E-state index contributed by atoms with van der Waals surface area (Å²) in [4.78, 5) is 19.5. The molecule has 1 aromatic heterocycles. The van der Waals surface area contributed by atoms with E-state index in [-0.39, 0.29) is 12.6 Å². The number of carbonyl (C=O) groups excluding carboxylic acids is 1. The Hall–Kier alpha value is -2.35. The minimum Gasteiger partial charge on any atom is -0.445 e. The molecule has 5 nitrogen and oxygen atoms in total. The summed E-state index contributed by atoms with van der Waals surface area (Å²) >= 11 is 2.27. The molecule has 128 valence electrons. The highest BCUT2D eigenvalue weighted by molar-refractivity contribution is 14.1. The molecular formula is C19H18IN3O2. The van der Waals surface area contributed by atoms with Crippen LogP contribution in [0.4, 0.5) is 4.79 Å². The summed E-state index contributed by atoms with van der Waals surface area (Å²) in [5.74, 6) is 0.685. The first-order chi connectivity index (χ1) is 12.1. The Bertz CT molecular complexity index is 831. The fraction of sp³-hybridized carbons (Fsp3) is 0.158. The Morgan fingerprint density at radius 3 is 2.64 bits per heavy atom. The van der Waals surface area contributed by atoms with Gasteiger partial charge in [0, 0.05) is 3.57 Å². The van der Waals surface area contributed by atoms with Crippen molar-refractivity contribution in [3.63, 3.8) is 0 Å². The molecule has 1 atom stereocenters. The van der Waals surface area contributed by atoms with E-state index in [0.29, 0.717) is 5.82 Å². The molecule has 0 aliphatic carbocycles. The van der Waals surface area contributed by atoms with Gasteiger partial charge in [0.05, 0.1) is 17.9 Å². The van der Waals surface area contributed by atoms with Gasteiger partial charge in [-0.3, -0.25) is 0 Å². The maximum Gasteiger partial charge on any atom is 0.408 e. The third-order valence-electron chi connectivity index (χ3n) is 3.71. The van der Waals surface area contributed by atoms with Gasteiger partial charge in [0.1, 0.15) is 12.4 Å². The molecule has 0 saturated carbocycles. The van der Waals surface area contributed by atoms with Crippen molar-refractivity contribution in [2.75, 3.05) is 0 Å². The number of carbonyl (C=O) groups is 1. The van der Waals surface area contributed by atoms with E-state index in [4.69, 9.17) is 4.74 Å². The van der Waals surface area contributed by atoms with E-state index in [2.05, 4.69) is 37.9 Å². The molecule has 6 heteroatoms. The van der Waals surface area contributed by atoms with Crippen molar-refractivity contribution in [3.8, 4) is 11.3 Å². The predicted octanol–water partition coefficient (Wildman–Crippen LogP) is 4.67. The van der Waals surface area contributed by atoms with Crippen LogP contribution in [-0.4, -0.2) is 16.1 Å². The van der Waals surface area contributed by atoms with Crippen LogP contribution in [0.1, 0.15) is 24.4 Å². The second kappa shape index (κ2) is 8.15. The van der Waals surface area contributed by atoms with Crippen molar-refractivity contribution in [1.29, 1.82) is 0 Å². The van der Waals surface area contributed by atoms with Crippen molar-refractivity contribution in [1.82, 2.24) is 15.3 Å². The molecule has 25 heavy (non-hydrogen) atoms. The largest absolute Gasteiger partial charge is 0.445 e. The van der Waals surface area contributed by atoms with E-state index in [1.807, 2.05) is 61.5 Å². The highest BCUT2D eigenvalue weighted by atomic mass is 127. The first kappa shape index (κ1) is 17.5. The third-order valence-corrected chi connectivity index (χ3v) is 4.43. The van der Waals surface area contributed by atoms with Crippen LogP contribution < -0.4 is 5.32 Å². The van der Waals surface area contributed by atoms with Crippen LogP contribution in [0.25, 0.3) is 11.3 Å². The van der Waals surface area contributed by atoms with Crippen LogP contribution in [0.2, 0.25) is 0 Å². The smallest absolute Gasteiger partial charge is 0.408 e. The fourth-order valence-corrected chi connectivity index (χ4v) is 2.70. The quantitative estimate of drug-likeness (QED) is 0.559. The molecule has 0 radical (unpaired) electrons. The molecule has 1 heterocycles. The average molecular weight is 447 g/mol. The lowest BCUT2D eigenvalue weighted by Crippen LogP contribution is -2.27. The van der Waals surface area contributed by atoms with Crippen molar-refractivity contribution in [2.45, 2.75) is 19.6 Å². The monoisotopic (exact) mass is 447 g/mol. The molecule has 0 unspecified atom stereocenters. The Kier molecular flexibility index (Phi) is 5.70. The second-order valence-corrected chi connectivity index (χ2v) is 6.86. The minimum atomic E-state index is -0.469. The van der Waals surface area contributed by atoms with Gasteiger partial charge < -0.3 is 15.0 Å². The predicted molar refractivity (Wildman–Crippen MR) is 105 cm³/mol. The topological polar surface area (TPSA) is 67.0 Å². The maximum absolute atomic E-state index is 11.9. The van der Waals surface area contributed by atoms with Crippen LogP contribution in [0.3, 0.4) is 0 Å². The fourth-order valence-electron chi connectivity index (χ4n) is 2.34. The molecule has 0 spiro atoms. The van der Waals surface area contributed by atoms with Crippen LogP contribution in [0, 0.1) is 3.57 Å². The van der Waals surface area contributed by atoms with Crippen LogP contribution in [0.15, 0.2) is 60.8 Å². The number of alkyl carbamates (subject to hydrolysis) is 1. The van der Waals surface area contributed by atoms with E-state index < -0.39 is 6.09 Å². The standard InChI is InChI=1S/C19H18IN3O2/c1-13(22-19(24)25-12-14-5-3-2-4-6-14)18-21-11-17(23-18)15-7-9-16(20)10-8-15/h2-11,13H,12H2,1H3,(H,21,23)(H,22,24)/t13-/m0/s1. The van der Waals surface area contributed by atoms with E-state index in [1.165, 1.54) is 3.57 Å². The van der Waals surface area contributed by atoms with E-state index in [1.54, 1.807) is 6.20 Å².